The normalized spacial score (nSPS) is 11.0. The molecule has 0 bridgehead atoms. The summed E-state index contributed by atoms with van der Waals surface area (Å²) >= 11 is 5.91. The van der Waals surface area contributed by atoms with Gasteiger partial charge in [0.15, 0.2) is 0 Å². The number of ether oxygens (including phenoxy) is 2. The van der Waals surface area contributed by atoms with Gasteiger partial charge in [-0.25, -0.2) is 5.43 Å². The van der Waals surface area contributed by atoms with Crippen LogP contribution >= 0.6 is 11.6 Å². The predicted molar refractivity (Wildman–Crippen MR) is 110 cm³/mol. The highest BCUT2D eigenvalue weighted by Crippen LogP contribution is 2.24. The van der Waals surface area contributed by atoms with E-state index in [4.69, 9.17) is 21.1 Å². The van der Waals surface area contributed by atoms with Crippen molar-refractivity contribution in [1.82, 2.24) is 5.43 Å². The third kappa shape index (κ3) is 5.72. The number of nitrogens with one attached hydrogen (secondary N) is 2. The zero-order chi connectivity index (χ0) is 20.7. The number of carbonyl (C=O) groups is 2. The van der Waals surface area contributed by atoms with Crippen LogP contribution in [0.2, 0.25) is 5.02 Å². The largest absolute Gasteiger partial charge is 0.497 e. The van der Waals surface area contributed by atoms with Gasteiger partial charge < -0.3 is 14.8 Å². The van der Waals surface area contributed by atoms with Crippen LogP contribution < -0.4 is 20.2 Å². The van der Waals surface area contributed by atoms with Gasteiger partial charge in [-0.05, 0) is 49.7 Å². The molecule has 0 aliphatic heterocycles. The first-order valence-electron chi connectivity index (χ1n) is 8.45. The number of benzene rings is 2. The fourth-order valence-corrected chi connectivity index (χ4v) is 2.65. The lowest BCUT2D eigenvalue weighted by molar-refractivity contribution is -0.115. The first-order chi connectivity index (χ1) is 13.3. The highest BCUT2D eigenvalue weighted by Gasteiger charge is 2.13. The number of nitrogens with zero attached hydrogens (tertiary/aromatic N) is 1. The van der Waals surface area contributed by atoms with Crippen LogP contribution in [0.4, 0.5) is 5.69 Å². The van der Waals surface area contributed by atoms with Gasteiger partial charge in [0.2, 0.25) is 5.91 Å². The topological polar surface area (TPSA) is 89.0 Å². The molecule has 2 aromatic carbocycles. The minimum atomic E-state index is -0.451. The molecule has 2 aromatic rings. The number of hydrogen-bond acceptors (Lipinski definition) is 5. The summed E-state index contributed by atoms with van der Waals surface area (Å²) in [5, 5.41) is 7.38. The summed E-state index contributed by atoms with van der Waals surface area (Å²) in [6.07, 6.45) is 0.0299. The SMILES string of the molecule is COc1ccc(C(=O)N/N=C(\C)CC(=O)Nc2ccc(Cl)cc2C)c(OC)c1. The summed E-state index contributed by atoms with van der Waals surface area (Å²) in [5.41, 5.74) is 4.72. The van der Waals surface area contributed by atoms with Crippen LogP contribution in [0.25, 0.3) is 0 Å². The number of hydrazone groups is 1. The molecule has 8 heteroatoms. The Morgan fingerprint density at radius 3 is 2.50 bits per heavy atom. The summed E-state index contributed by atoms with van der Waals surface area (Å²) < 4.78 is 10.3. The Morgan fingerprint density at radius 2 is 1.86 bits per heavy atom. The molecule has 0 heterocycles. The van der Waals surface area contributed by atoms with Crippen LogP contribution in [0, 0.1) is 6.92 Å². The molecule has 2 N–H and O–H groups in total. The van der Waals surface area contributed by atoms with Gasteiger partial charge in [0.25, 0.3) is 5.91 Å². The quantitative estimate of drug-likeness (QED) is 0.543. The van der Waals surface area contributed by atoms with Crippen molar-refractivity contribution >= 4 is 34.8 Å². The molecule has 0 aliphatic carbocycles. The van der Waals surface area contributed by atoms with Gasteiger partial charge in [0.1, 0.15) is 11.5 Å². The number of halogens is 1. The maximum absolute atomic E-state index is 12.3. The molecule has 0 aliphatic rings. The minimum Gasteiger partial charge on any atom is -0.497 e. The number of hydrogen-bond donors (Lipinski definition) is 2. The lowest BCUT2D eigenvalue weighted by Crippen LogP contribution is -2.22. The van der Waals surface area contributed by atoms with Crippen molar-refractivity contribution in [3.8, 4) is 11.5 Å². The average Bonchev–Trinajstić information content (AvgIpc) is 2.67. The Bertz CT molecular complexity index is 912. The highest BCUT2D eigenvalue weighted by molar-refractivity contribution is 6.30. The van der Waals surface area contributed by atoms with Gasteiger partial charge in [-0.15, -0.1) is 0 Å². The lowest BCUT2D eigenvalue weighted by atomic mass is 10.2. The number of methoxy groups -OCH3 is 2. The van der Waals surface area contributed by atoms with Gasteiger partial charge in [-0.2, -0.15) is 5.10 Å². The predicted octanol–water partition coefficient (Wildman–Crippen LogP) is 3.80. The molecule has 0 fully saturated rings. The van der Waals surface area contributed by atoms with E-state index >= 15 is 0 Å². The van der Waals surface area contributed by atoms with E-state index in [9.17, 15) is 9.59 Å². The Hall–Kier alpha value is -3.06. The average molecular weight is 404 g/mol. The van der Waals surface area contributed by atoms with E-state index in [0.29, 0.717) is 33.5 Å². The molecule has 7 nitrogen and oxygen atoms in total. The van der Waals surface area contributed by atoms with E-state index in [1.165, 1.54) is 14.2 Å². The first-order valence-corrected chi connectivity index (χ1v) is 8.83. The Balaban J connectivity index is 1.98. The summed E-state index contributed by atoms with van der Waals surface area (Å²) in [4.78, 5) is 24.5. The van der Waals surface area contributed by atoms with Crippen LogP contribution in [-0.2, 0) is 4.79 Å². The van der Waals surface area contributed by atoms with Gasteiger partial charge in [-0.3, -0.25) is 9.59 Å². The molecule has 0 saturated heterocycles. The van der Waals surface area contributed by atoms with Crippen molar-refractivity contribution in [2.75, 3.05) is 19.5 Å². The molecular weight excluding hydrogens is 382 g/mol. The molecule has 0 atom stereocenters. The molecule has 0 radical (unpaired) electrons. The lowest BCUT2D eigenvalue weighted by Gasteiger charge is -2.10. The second-order valence-electron chi connectivity index (χ2n) is 6.04. The van der Waals surface area contributed by atoms with Crippen molar-refractivity contribution < 1.29 is 19.1 Å². The molecular formula is C20H22ClN3O4. The van der Waals surface area contributed by atoms with Crippen LogP contribution in [0.15, 0.2) is 41.5 Å². The Morgan fingerprint density at radius 1 is 1.11 bits per heavy atom. The van der Waals surface area contributed by atoms with E-state index in [1.807, 2.05) is 6.92 Å². The summed E-state index contributed by atoms with van der Waals surface area (Å²) in [5.74, 6) is 0.235. The van der Waals surface area contributed by atoms with E-state index in [2.05, 4.69) is 15.8 Å². The van der Waals surface area contributed by atoms with Crippen LogP contribution in [0.1, 0.15) is 29.3 Å². The fraction of sp³-hybridized carbons (Fsp3) is 0.250. The zero-order valence-corrected chi connectivity index (χ0v) is 16.9. The number of anilines is 1. The molecule has 0 saturated carbocycles. The third-order valence-corrected chi connectivity index (χ3v) is 4.12. The van der Waals surface area contributed by atoms with Gasteiger partial charge in [0.05, 0.1) is 26.2 Å². The Kier molecular flexibility index (Phi) is 7.40. The number of amides is 2. The molecule has 0 aromatic heterocycles. The second-order valence-corrected chi connectivity index (χ2v) is 6.47. The third-order valence-electron chi connectivity index (χ3n) is 3.88. The molecule has 148 valence electrons. The highest BCUT2D eigenvalue weighted by atomic mass is 35.5. The number of carbonyl (C=O) groups excluding carboxylic acids is 2. The first kappa shape index (κ1) is 21.2. The van der Waals surface area contributed by atoms with Crippen molar-refractivity contribution in [3.63, 3.8) is 0 Å². The number of rotatable bonds is 7. The summed E-state index contributed by atoms with van der Waals surface area (Å²) in [6.45, 7) is 3.50. The van der Waals surface area contributed by atoms with Crippen molar-refractivity contribution in [1.29, 1.82) is 0 Å². The van der Waals surface area contributed by atoms with E-state index in [0.717, 1.165) is 5.56 Å². The molecule has 0 spiro atoms. The van der Waals surface area contributed by atoms with E-state index in [-0.39, 0.29) is 12.3 Å². The van der Waals surface area contributed by atoms with Gasteiger partial charge in [0, 0.05) is 22.5 Å². The van der Waals surface area contributed by atoms with Gasteiger partial charge in [-0.1, -0.05) is 11.6 Å². The van der Waals surface area contributed by atoms with Crippen LogP contribution in [0.5, 0.6) is 11.5 Å². The van der Waals surface area contributed by atoms with Crippen molar-refractivity contribution in [2.24, 2.45) is 5.10 Å². The standard InChI is InChI=1S/C20H22ClN3O4/c1-12-9-14(21)5-8-17(12)22-19(25)10-13(2)23-24-20(26)16-7-6-15(27-3)11-18(16)28-4/h5-9,11H,10H2,1-4H3,(H,22,25)(H,24,26)/b23-13+. The van der Waals surface area contributed by atoms with Gasteiger partial charge >= 0.3 is 0 Å². The number of aryl methyl sites for hydroxylation is 1. The maximum atomic E-state index is 12.3. The minimum absolute atomic E-state index is 0.0299. The maximum Gasteiger partial charge on any atom is 0.275 e. The molecule has 2 amide bonds. The molecule has 2 rings (SSSR count). The van der Waals surface area contributed by atoms with Crippen LogP contribution in [-0.4, -0.2) is 31.7 Å². The molecule has 0 unspecified atom stereocenters. The monoisotopic (exact) mass is 403 g/mol. The Labute approximate surface area is 168 Å². The smallest absolute Gasteiger partial charge is 0.275 e. The van der Waals surface area contributed by atoms with Crippen molar-refractivity contribution in [3.05, 3.63) is 52.5 Å². The van der Waals surface area contributed by atoms with Crippen LogP contribution in [0.3, 0.4) is 0 Å². The summed E-state index contributed by atoms with van der Waals surface area (Å²) in [6, 6.07) is 10.0. The van der Waals surface area contributed by atoms with E-state index in [1.54, 1.807) is 43.3 Å². The second kappa shape index (κ2) is 9.75. The fourth-order valence-electron chi connectivity index (χ4n) is 2.43. The zero-order valence-electron chi connectivity index (χ0n) is 16.1. The van der Waals surface area contributed by atoms with Crippen molar-refractivity contribution in [2.45, 2.75) is 20.3 Å². The molecule has 28 heavy (non-hydrogen) atoms. The summed E-state index contributed by atoms with van der Waals surface area (Å²) in [7, 11) is 2.99. The van der Waals surface area contributed by atoms with E-state index < -0.39 is 5.91 Å².